The van der Waals surface area contributed by atoms with E-state index in [0.717, 1.165) is 5.56 Å². The van der Waals surface area contributed by atoms with Crippen LogP contribution in [0.4, 0.5) is 5.69 Å². The zero-order valence-corrected chi connectivity index (χ0v) is 15.1. The zero-order chi connectivity index (χ0) is 19.0. The third-order valence-corrected chi connectivity index (χ3v) is 4.32. The number of hydrogen-bond donors (Lipinski definition) is 2. The van der Waals surface area contributed by atoms with Crippen LogP contribution in [0.25, 0.3) is 5.65 Å². The maximum atomic E-state index is 12.8. The van der Waals surface area contributed by atoms with E-state index in [0.29, 0.717) is 17.0 Å². The van der Waals surface area contributed by atoms with Gasteiger partial charge < -0.3 is 15.2 Å². The molecule has 0 saturated heterocycles. The highest BCUT2D eigenvalue weighted by Gasteiger charge is 2.20. The predicted molar refractivity (Wildman–Crippen MR) is 97.6 cm³/mol. The minimum atomic E-state index is -1.17. The number of fused-ring (bicyclic) bond motifs is 1. The Morgan fingerprint density at radius 3 is 2.69 bits per heavy atom. The number of benzene rings is 1. The van der Waals surface area contributed by atoms with Gasteiger partial charge >= 0.3 is 5.97 Å². The lowest BCUT2D eigenvalue weighted by molar-refractivity contribution is 0.0693. The average molecular weight is 374 g/mol. The molecule has 1 amide bonds. The predicted octanol–water partition coefficient (Wildman–Crippen LogP) is 3.56. The fraction of sp³-hybridized carbons (Fsp3) is 0.167. The van der Waals surface area contributed by atoms with E-state index in [4.69, 9.17) is 16.3 Å². The van der Waals surface area contributed by atoms with E-state index < -0.39 is 11.9 Å². The van der Waals surface area contributed by atoms with Crippen LogP contribution >= 0.6 is 11.6 Å². The van der Waals surface area contributed by atoms with Gasteiger partial charge in [0.05, 0.1) is 23.5 Å². The number of anilines is 1. The standard InChI is InChI=1S/C18H16ClN3O4/c1-9-5-4-6-22-15(10(2)20-16(9)22)17(23)21-13-8-14(26-3)11(18(24)25)7-12(13)19/h4-8H,1-3H3,(H,21,23)(H,24,25). The summed E-state index contributed by atoms with van der Waals surface area (Å²) < 4.78 is 6.78. The Balaban J connectivity index is 2.03. The number of carboxylic acid groups (broad SMARTS) is 1. The summed E-state index contributed by atoms with van der Waals surface area (Å²) in [5.41, 5.74) is 2.75. The third kappa shape index (κ3) is 2.97. The first-order valence-electron chi connectivity index (χ1n) is 7.70. The van der Waals surface area contributed by atoms with Crippen LogP contribution in [0.3, 0.4) is 0 Å². The Bertz CT molecular complexity index is 1040. The first-order valence-corrected chi connectivity index (χ1v) is 8.07. The molecule has 0 aliphatic rings. The molecule has 134 valence electrons. The van der Waals surface area contributed by atoms with E-state index in [1.54, 1.807) is 17.5 Å². The molecule has 0 bridgehead atoms. The number of carbonyl (C=O) groups excluding carboxylic acids is 1. The number of imidazole rings is 1. The van der Waals surface area contributed by atoms with Crippen LogP contribution in [-0.2, 0) is 0 Å². The van der Waals surface area contributed by atoms with Crippen LogP contribution in [0, 0.1) is 13.8 Å². The van der Waals surface area contributed by atoms with Crippen LogP contribution in [0.15, 0.2) is 30.5 Å². The van der Waals surface area contributed by atoms with Gasteiger partial charge in [-0.05, 0) is 31.5 Å². The third-order valence-electron chi connectivity index (χ3n) is 4.00. The molecular weight excluding hydrogens is 358 g/mol. The molecule has 0 fully saturated rings. The highest BCUT2D eigenvalue weighted by Crippen LogP contribution is 2.31. The molecule has 2 N–H and O–H groups in total. The maximum Gasteiger partial charge on any atom is 0.339 e. The summed E-state index contributed by atoms with van der Waals surface area (Å²) in [6, 6.07) is 6.37. The highest BCUT2D eigenvalue weighted by atomic mass is 35.5. The van der Waals surface area contributed by atoms with Crippen molar-refractivity contribution in [1.29, 1.82) is 0 Å². The van der Waals surface area contributed by atoms with Gasteiger partial charge in [0.15, 0.2) is 0 Å². The molecule has 7 nitrogen and oxygen atoms in total. The Morgan fingerprint density at radius 2 is 2.04 bits per heavy atom. The van der Waals surface area contributed by atoms with E-state index >= 15 is 0 Å². The minimum absolute atomic E-state index is 0.0860. The fourth-order valence-corrected chi connectivity index (χ4v) is 2.97. The SMILES string of the molecule is COc1cc(NC(=O)c2c(C)nc3c(C)cccn23)c(Cl)cc1C(=O)O. The van der Waals surface area contributed by atoms with E-state index in [9.17, 15) is 14.7 Å². The van der Waals surface area contributed by atoms with Crippen LogP contribution in [0.1, 0.15) is 32.1 Å². The summed E-state index contributed by atoms with van der Waals surface area (Å²) in [6.45, 7) is 3.66. The van der Waals surface area contributed by atoms with Gasteiger partial charge in [-0.15, -0.1) is 0 Å². The number of halogens is 1. The molecule has 3 rings (SSSR count). The van der Waals surface area contributed by atoms with Gasteiger partial charge in [-0.2, -0.15) is 0 Å². The number of carboxylic acids is 1. The lowest BCUT2D eigenvalue weighted by Gasteiger charge is -2.12. The summed E-state index contributed by atoms with van der Waals surface area (Å²) in [5, 5.41) is 12.0. The molecule has 0 saturated carbocycles. The fourth-order valence-electron chi connectivity index (χ4n) is 2.76. The van der Waals surface area contributed by atoms with Gasteiger partial charge in [0.1, 0.15) is 22.7 Å². The average Bonchev–Trinajstić information content (AvgIpc) is 2.93. The quantitative estimate of drug-likeness (QED) is 0.729. The first-order chi connectivity index (χ1) is 12.3. The second-order valence-electron chi connectivity index (χ2n) is 5.72. The van der Waals surface area contributed by atoms with Crippen molar-refractivity contribution in [3.63, 3.8) is 0 Å². The molecule has 2 aromatic heterocycles. The smallest absolute Gasteiger partial charge is 0.339 e. The second kappa shape index (κ2) is 6.68. The van der Waals surface area contributed by atoms with Crippen LogP contribution < -0.4 is 10.1 Å². The van der Waals surface area contributed by atoms with Crippen molar-refractivity contribution < 1.29 is 19.4 Å². The zero-order valence-electron chi connectivity index (χ0n) is 14.3. The van der Waals surface area contributed by atoms with Gasteiger partial charge in [0.2, 0.25) is 0 Å². The van der Waals surface area contributed by atoms with Crippen molar-refractivity contribution >= 4 is 34.8 Å². The van der Waals surface area contributed by atoms with E-state index in [1.807, 2.05) is 19.1 Å². The molecule has 0 aliphatic carbocycles. The number of aromatic carboxylic acids is 1. The number of hydrogen-bond acceptors (Lipinski definition) is 4. The lowest BCUT2D eigenvalue weighted by atomic mass is 10.1. The number of pyridine rings is 1. The summed E-state index contributed by atoms with van der Waals surface area (Å²) in [4.78, 5) is 28.5. The monoisotopic (exact) mass is 373 g/mol. The molecule has 0 spiro atoms. The van der Waals surface area contributed by atoms with Gasteiger partial charge in [-0.25, -0.2) is 9.78 Å². The second-order valence-corrected chi connectivity index (χ2v) is 6.13. The van der Waals surface area contributed by atoms with E-state index in [-0.39, 0.29) is 22.0 Å². The van der Waals surface area contributed by atoms with Gasteiger partial charge in [-0.3, -0.25) is 9.20 Å². The Kier molecular flexibility index (Phi) is 4.56. The summed E-state index contributed by atoms with van der Waals surface area (Å²) in [5.74, 6) is -1.48. The van der Waals surface area contributed by atoms with Gasteiger partial charge in [0.25, 0.3) is 5.91 Å². The van der Waals surface area contributed by atoms with Crippen LogP contribution in [0.2, 0.25) is 5.02 Å². The molecule has 8 heteroatoms. The number of methoxy groups -OCH3 is 1. The Morgan fingerprint density at radius 1 is 1.31 bits per heavy atom. The number of carbonyl (C=O) groups is 2. The highest BCUT2D eigenvalue weighted by molar-refractivity contribution is 6.34. The topological polar surface area (TPSA) is 92.9 Å². The molecule has 0 aliphatic heterocycles. The Labute approximate surface area is 154 Å². The number of nitrogens with zero attached hydrogens (tertiary/aromatic N) is 2. The first kappa shape index (κ1) is 17.8. The maximum absolute atomic E-state index is 12.8. The largest absolute Gasteiger partial charge is 0.496 e. The van der Waals surface area contributed by atoms with Gasteiger partial charge in [0, 0.05) is 12.3 Å². The minimum Gasteiger partial charge on any atom is -0.496 e. The van der Waals surface area contributed by atoms with E-state index in [1.165, 1.54) is 19.2 Å². The number of ether oxygens (including phenoxy) is 1. The normalized spacial score (nSPS) is 10.8. The molecule has 0 unspecified atom stereocenters. The lowest BCUT2D eigenvalue weighted by Crippen LogP contribution is -2.16. The van der Waals surface area contributed by atoms with Crippen molar-refractivity contribution in [3.05, 3.63) is 58.0 Å². The van der Waals surface area contributed by atoms with Crippen molar-refractivity contribution in [2.75, 3.05) is 12.4 Å². The molecule has 3 aromatic rings. The molecule has 2 heterocycles. The van der Waals surface area contributed by atoms with E-state index in [2.05, 4.69) is 10.3 Å². The number of nitrogens with one attached hydrogen (secondary N) is 1. The summed E-state index contributed by atoms with van der Waals surface area (Å²) in [6.07, 6.45) is 1.76. The van der Waals surface area contributed by atoms with Crippen molar-refractivity contribution in [2.24, 2.45) is 0 Å². The number of aromatic nitrogens is 2. The molecule has 0 radical (unpaired) electrons. The molecular formula is C18H16ClN3O4. The summed E-state index contributed by atoms with van der Waals surface area (Å²) >= 11 is 6.14. The number of rotatable bonds is 4. The number of aryl methyl sites for hydroxylation is 2. The molecule has 0 atom stereocenters. The number of amides is 1. The van der Waals surface area contributed by atoms with Crippen molar-refractivity contribution in [3.8, 4) is 5.75 Å². The van der Waals surface area contributed by atoms with Crippen molar-refractivity contribution in [1.82, 2.24) is 9.38 Å². The van der Waals surface area contributed by atoms with Crippen LogP contribution in [-0.4, -0.2) is 33.5 Å². The molecule has 1 aromatic carbocycles. The molecule has 26 heavy (non-hydrogen) atoms. The Hall–Kier alpha value is -3.06. The van der Waals surface area contributed by atoms with Crippen LogP contribution in [0.5, 0.6) is 5.75 Å². The summed E-state index contributed by atoms with van der Waals surface area (Å²) in [7, 11) is 1.35. The van der Waals surface area contributed by atoms with Gasteiger partial charge in [-0.1, -0.05) is 17.7 Å². The van der Waals surface area contributed by atoms with Crippen molar-refractivity contribution in [2.45, 2.75) is 13.8 Å².